The van der Waals surface area contributed by atoms with Crippen LogP contribution in [0.1, 0.15) is 36.8 Å². The van der Waals surface area contributed by atoms with Crippen LogP contribution in [0.4, 0.5) is 5.69 Å². The summed E-state index contributed by atoms with van der Waals surface area (Å²) >= 11 is 0. The average Bonchev–Trinajstić information content (AvgIpc) is 3.30. The van der Waals surface area contributed by atoms with Gasteiger partial charge in [0.2, 0.25) is 5.88 Å². The Labute approximate surface area is 146 Å². The van der Waals surface area contributed by atoms with Gasteiger partial charge in [-0.15, -0.1) is 0 Å². The number of hydrogen-bond donors (Lipinski definition) is 2. The number of anilines is 1. The molecule has 2 aromatic rings. The lowest BCUT2D eigenvalue weighted by molar-refractivity contribution is 0.0237. The molecular weight excluding hydrogens is 318 g/mol. The standard InChI is InChI=1S/C18H23N5O2/c19-15-3-6-21-18(25-14-4-7-24-8-5-14)16(15)17(20)13-9-22-23(11-13)10-12-1-2-12/h3,6,9,11-12,14,20H,1-2,4-5,7-8,10H2,(H2,19,21). The fourth-order valence-electron chi connectivity index (χ4n) is 3.05. The van der Waals surface area contributed by atoms with Crippen molar-refractivity contribution < 1.29 is 9.47 Å². The lowest BCUT2D eigenvalue weighted by Crippen LogP contribution is -2.27. The highest BCUT2D eigenvalue weighted by Gasteiger charge is 2.24. The maximum absolute atomic E-state index is 8.60. The zero-order valence-electron chi connectivity index (χ0n) is 14.1. The van der Waals surface area contributed by atoms with Crippen LogP contribution < -0.4 is 10.5 Å². The van der Waals surface area contributed by atoms with Gasteiger partial charge in [-0.3, -0.25) is 10.1 Å². The molecule has 0 unspecified atom stereocenters. The van der Waals surface area contributed by atoms with Gasteiger partial charge < -0.3 is 15.2 Å². The van der Waals surface area contributed by atoms with Crippen molar-refractivity contribution in [3.63, 3.8) is 0 Å². The van der Waals surface area contributed by atoms with Gasteiger partial charge in [-0.1, -0.05) is 0 Å². The van der Waals surface area contributed by atoms with Crippen molar-refractivity contribution in [3.05, 3.63) is 35.8 Å². The molecule has 4 rings (SSSR count). The van der Waals surface area contributed by atoms with Crippen LogP contribution >= 0.6 is 0 Å². The first-order chi connectivity index (χ1) is 12.2. The fourth-order valence-corrected chi connectivity index (χ4v) is 3.05. The lowest BCUT2D eigenvalue weighted by Gasteiger charge is -2.24. The van der Waals surface area contributed by atoms with Gasteiger partial charge in [0, 0.05) is 43.0 Å². The molecule has 1 saturated carbocycles. The second-order valence-electron chi connectivity index (χ2n) is 6.78. The summed E-state index contributed by atoms with van der Waals surface area (Å²) in [5, 5.41) is 13.0. The maximum atomic E-state index is 8.60. The molecule has 0 atom stereocenters. The van der Waals surface area contributed by atoms with Gasteiger partial charge in [-0.25, -0.2) is 4.98 Å². The molecule has 2 aromatic heterocycles. The quantitative estimate of drug-likeness (QED) is 0.785. The summed E-state index contributed by atoms with van der Waals surface area (Å²) < 4.78 is 13.3. The van der Waals surface area contributed by atoms with Crippen molar-refractivity contribution in [1.82, 2.24) is 14.8 Å². The molecule has 132 valence electrons. The van der Waals surface area contributed by atoms with E-state index < -0.39 is 0 Å². The van der Waals surface area contributed by atoms with Gasteiger partial charge in [0.15, 0.2) is 0 Å². The first-order valence-corrected chi connectivity index (χ1v) is 8.81. The summed E-state index contributed by atoms with van der Waals surface area (Å²) in [5.41, 5.74) is 8.22. The van der Waals surface area contributed by atoms with E-state index >= 15 is 0 Å². The topological polar surface area (TPSA) is 99.0 Å². The van der Waals surface area contributed by atoms with Crippen LogP contribution in [-0.2, 0) is 11.3 Å². The molecule has 7 nitrogen and oxygen atoms in total. The average molecular weight is 341 g/mol. The van der Waals surface area contributed by atoms with Crippen LogP contribution in [0.2, 0.25) is 0 Å². The summed E-state index contributed by atoms with van der Waals surface area (Å²) in [6.07, 6.45) is 9.48. The van der Waals surface area contributed by atoms with E-state index in [0.717, 1.165) is 30.9 Å². The summed E-state index contributed by atoms with van der Waals surface area (Å²) in [7, 11) is 0. The van der Waals surface area contributed by atoms with E-state index in [1.807, 2.05) is 10.9 Å². The summed E-state index contributed by atoms with van der Waals surface area (Å²) in [6, 6.07) is 1.70. The molecule has 1 aliphatic carbocycles. The number of nitrogen functional groups attached to an aromatic ring is 1. The zero-order valence-corrected chi connectivity index (χ0v) is 14.1. The Balaban J connectivity index is 1.57. The summed E-state index contributed by atoms with van der Waals surface area (Å²) in [4.78, 5) is 4.33. The van der Waals surface area contributed by atoms with Gasteiger partial charge in [-0.2, -0.15) is 5.10 Å². The highest BCUT2D eigenvalue weighted by molar-refractivity contribution is 6.15. The number of nitrogens with one attached hydrogen (secondary N) is 1. The first-order valence-electron chi connectivity index (χ1n) is 8.81. The van der Waals surface area contributed by atoms with Gasteiger partial charge in [0.25, 0.3) is 0 Å². The van der Waals surface area contributed by atoms with Crippen molar-refractivity contribution in [3.8, 4) is 5.88 Å². The minimum Gasteiger partial charge on any atom is -0.474 e. The Bertz CT molecular complexity index is 763. The molecule has 0 radical (unpaired) electrons. The summed E-state index contributed by atoms with van der Waals surface area (Å²) in [5.74, 6) is 1.16. The predicted molar refractivity (Wildman–Crippen MR) is 94.0 cm³/mol. The van der Waals surface area contributed by atoms with Crippen LogP contribution in [0, 0.1) is 11.3 Å². The Morgan fingerprint density at radius 2 is 2.12 bits per heavy atom. The number of hydrogen-bond acceptors (Lipinski definition) is 6. The molecule has 0 aromatic carbocycles. The van der Waals surface area contributed by atoms with Crippen molar-refractivity contribution in [2.45, 2.75) is 38.3 Å². The van der Waals surface area contributed by atoms with E-state index in [2.05, 4.69) is 10.1 Å². The smallest absolute Gasteiger partial charge is 0.225 e. The van der Waals surface area contributed by atoms with Crippen LogP contribution in [0.3, 0.4) is 0 Å². The van der Waals surface area contributed by atoms with E-state index in [1.54, 1.807) is 18.5 Å². The third-order valence-corrected chi connectivity index (χ3v) is 4.71. The second-order valence-corrected chi connectivity index (χ2v) is 6.78. The number of aromatic nitrogens is 3. The van der Waals surface area contributed by atoms with E-state index in [0.29, 0.717) is 36.1 Å². The Hall–Kier alpha value is -2.41. The number of nitrogens with two attached hydrogens (primary N) is 1. The molecule has 2 fully saturated rings. The SMILES string of the molecule is N=C(c1cnn(CC2CC2)c1)c1c(N)ccnc1OC1CCOCC1. The van der Waals surface area contributed by atoms with E-state index in [9.17, 15) is 0 Å². The minimum atomic E-state index is 0.0483. The number of ether oxygens (including phenoxy) is 2. The number of nitrogens with zero attached hydrogens (tertiary/aromatic N) is 3. The number of pyridine rings is 1. The van der Waals surface area contributed by atoms with Gasteiger partial charge in [0.05, 0.1) is 30.7 Å². The Kier molecular flexibility index (Phi) is 4.40. The van der Waals surface area contributed by atoms with Crippen LogP contribution in [0.25, 0.3) is 0 Å². The molecule has 0 spiro atoms. The van der Waals surface area contributed by atoms with Crippen molar-refractivity contribution >= 4 is 11.4 Å². The van der Waals surface area contributed by atoms with E-state index in [4.69, 9.17) is 20.6 Å². The Morgan fingerprint density at radius 1 is 1.32 bits per heavy atom. The molecule has 1 saturated heterocycles. The molecule has 25 heavy (non-hydrogen) atoms. The van der Waals surface area contributed by atoms with Gasteiger partial charge >= 0.3 is 0 Å². The molecule has 3 N–H and O–H groups in total. The molecule has 2 aliphatic rings. The van der Waals surface area contributed by atoms with E-state index in [-0.39, 0.29) is 6.10 Å². The largest absolute Gasteiger partial charge is 0.474 e. The van der Waals surface area contributed by atoms with Crippen LogP contribution in [0.5, 0.6) is 5.88 Å². The second kappa shape index (κ2) is 6.84. The molecule has 0 amide bonds. The van der Waals surface area contributed by atoms with Gasteiger partial charge in [0.1, 0.15) is 6.10 Å². The third-order valence-electron chi connectivity index (χ3n) is 4.71. The minimum absolute atomic E-state index is 0.0483. The van der Waals surface area contributed by atoms with Crippen molar-refractivity contribution in [2.75, 3.05) is 18.9 Å². The highest BCUT2D eigenvalue weighted by atomic mass is 16.5. The van der Waals surface area contributed by atoms with Crippen molar-refractivity contribution in [2.24, 2.45) is 5.92 Å². The fraction of sp³-hybridized carbons (Fsp3) is 0.500. The van der Waals surface area contributed by atoms with Crippen LogP contribution in [0.15, 0.2) is 24.7 Å². The molecular formula is C18H23N5O2. The lowest BCUT2D eigenvalue weighted by atomic mass is 10.0. The molecule has 3 heterocycles. The normalized spacial score (nSPS) is 18.2. The van der Waals surface area contributed by atoms with Crippen molar-refractivity contribution in [1.29, 1.82) is 5.41 Å². The highest BCUT2D eigenvalue weighted by Crippen LogP contribution is 2.31. The molecule has 1 aliphatic heterocycles. The number of rotatable bonds is 6. The van der Waals surface area contributed by atoms with Gasteiger partial charge in [-0.05, 0) is 24.8 Å². The first kappa shape index (κ1) is 16.1. The third kappa shape index (κ3) is 3.66. The monoisotopic (exact) mass is 341 g/mol. The Morgan fingerprint density at radius 3 is 2.88 bits per heavy atom. The molecule has 0 bridgehead atoms. The zero-order chi connectivity index (χ0) is 17.2. The molecule has 7 heteroatoms. The maximum Gasteiger partial charge on any atom is 0.225 e. The predicted octanol–water partition coefficient (Wildman–Crippen LogP) is 2.24. The van der Waals surface area contributed by atoms with E-state index in [1.165, 1.54) is 12.8 Å². The summed E-state index contributed by atoms with van der Waals surface area (Å²) in [6.45, 7) is 2.29. The van der Waals surface area contributed by atoms with Crippen LogP contribution in [-0.4, -0.2) is 39.8 Å².